The highest BCUT2D eigenvalue weighted by molar-refractivity contribution is 8.00. The Morgan fingerprint density at radius 1 is 1.12 bits per heavy atom. The number of anilines is 1. The van der Waals surface area contributed by atoms with Gasteiger partial charge in [-0.25, -0.2) is 9.07 Å². The van der Waals surface area contributed by atoms with Crippen LogP contribution in [-0.2, 0) is 4.79 Å². The van der Waals surface area contributed by atoms with Gasteiger partial charge in [0.1, 0.15) is 16.8 Å². The predicted octanol–water partition coefficient (Wildman–Crippen LogP) is 5.14. The number of thioether (sulfide) groups is 1. The molecule has 0 aliphatic carbocycles. The summed E-state index contributed by atoms with van der Waals surface area (Å²) < 4.78 is 20.6. The summed E-state index contributed by atoms with van der Waals surface area (Å²) in [5, 5.41) is 11.4. The lowest BCUT2D eigenvalue weighted by atomic mass is 10.0. The largest absolute Gasteiger partial charge is 0.497 e. The first-order valence-corrected chi connectivity index (χ1v) is 11.6. The number of fused-ring (bicyclic) bond motifs is 1. The minimum atomic E-state index is -0.599. The van der Waals surface area contributed by atoms with E-state index in [9.17, 15) is 9.18 Å². The van der Waals surface area contributed by atoms with Gasteiger partial charge in [-0.15, -0.1) is 10.2 Å². The second-order valence-electron chi connectivity index (χ2n) is 7.54. The Morgan fingerprint density at radius 2 is 1.88 bits per heavy atom. The van der Waals surface area contributed by atoms with E-state index in [-0.39, 0.29) is 10.9 Å². The van der Waals surface area contributed by atoms with Gasteiger partial charge in [0.25, 0.3) is 0 Å². The van der Waals surface area contributed by atoms with Crippen molar-refractivity contribution in [2.45, 2.75) is 16.4 Å². The Morgan fingerprint density at radius 3 is 2.59 bits per heavy atom. The number of hydrogen-bond acceptors (Lipinski definition) is 6. The minimum Gasteiger partial charge on any atom is -0.497 e. The number of nitrogens with one attached hydrogen (secondary N) is 2. The highest BCUT2D eigenvalue weighted by atomic mass is 35.5. The summed E-state index contributed by atoms with van der Waals surface area (Å²) in [6.07, 6.45) is 0. The van der Waals surface area contributed by atoms with E-state index in [2.05, 4.69) is 20.9 Å². The Kier molecular flexibility index (Phi) is 6.12. The van der Waals surface area contributed by atoms with Crippen LogP contribution in [0.25, 0.3) is 11.4 Å². The maximum atomic E-state index is 13.6. The molecular formula is C24H19ClFN5O2S. The number of methoxy groups -OCH3 is 1. The molecule has 0 unspecified atom stereocenters. The van der Waals surface area contributed by atoms with Gasteiger partial charge in [0.15, 0.2) is 5.82 Å². The Balaban J connectivity index is 1.50. The predicted molar refractivity (Wildman–Crippen MR) is 130 cm³/mol. The van der Waals surface area contributed by atoms with Crippen LogP contribution in [0, 0.1) is 5.82 Å². The van der Waals surface area contributed by atoms with E-state index in [1.807, 2.05) is 54.6 Å². The zero-order valence-corrected chi connectivity index (χ0v) is 19.5. The summed E-state index contributed by atoms with van der Waals surface area (Å²) >= 11 is 7.18. The third kappa shape index (κ3) is 4.32. The minimum absolute atomic E-state index is 0.0637. The molecule has 4 aromatic rings. The number of nitrogens with zero attached hydrogens (tertiary/aromatic N) is 3. The van der Waals surface area contributed by atoms with Crippen LogP contribution in [-0.4, -0.2) is 33.1 Å². The van der Waals surface area contributed by atoms with Crippen molar-refractivity contribution in [3.8, 4) is 17.1 Å². The van der Waals surface area contributed by atoms with E-state index in [0.717, 1.165) is 11.1 Å². The van der Waals surface area contributed by atoms with Crippen LogP contribution in [0.3, 0.4) is 0 Å². The normalized spacial score (nSPS) is 16.9. The van der Waals surface area contributed by atoms with Crippen molar-refractivity contribution in [3.05, 3.63) is 89.2 Å². The molecule has 0 saturated heterocycles. The van der Waals surface area contributed by atoms with Crippen LogP contribution in [0.1, 0.15) is 11.6 Å². The monoisotopic (exact) mass is 495 g/mol. The molecule has 0 saturated carbocycles. The average molecular weight is 496 g/mol. The highest BCUT2D eigenvalue weighted by Crippen LogP contribution is 2.39. The summed E-state index contributed by atoms with van der Waals surface area (Å²) in [4.78, 5) is 13.4. The number of aromatic nitrogens is 3. The van der Waals surface area contributed by atoms with E-state index in [0.29, 0.717) is 22.4 Å². The molecule has 10 heteroatoms. The topological polar surface area (TPSA) is 81.1 Å². The molecule has 1 aromatic heterocycles. The number of halogens is 2. The van der Waals surface area contributed by atoms with Gasteiger partial charge in [-0.1, -0.05) is 65.8 Å². The molecule has 2 atom stereocenters. The molecule has 172 valence electrons. The number of ether oxygens (including phenoxy) is 1. The lowest BCUT2D eigenvalue weighted by Crippen LogP contribution is -2.41. The number of rotatable bonds is 5. The average Bonchev–Trinajstić information content (AvgIpc) is 3.29. The molecule has 0 fully saturated rings. The third-order valence-corrected chi connectivity index (χ3v) is 6.89. The van der Waals surface area contributed by atoms with Gasteiger partial charge in [0.2, 0.25) is 11.1 Å². The van der Waals surface area contributed by atoms with Crippen LogP contribution in [0.4, 0.5) is 10.1 Å². The van der Waals surface area contributed by atoms with Gasteiger partial charge >= 0.3 is 0 Å². The maximum Gasteiger partial charge on any atom is 0.240 e. The number of amides is 1. The molecule has 3 aromatic carbocycles. The summed E-state index contributed by atoms with van der Waals surface area (Å²) in [5.41, 5.74) is 5.60. The molecule has 2 heterocycles. The fraction of sp³-hybridized carbons (Fsp3) is 0.125. The van der Waals surface area contributed by atoms with Crippen LogP contribution >= 0.6 is 23.4 Å². The van der Waals surface area contributed by atoms with Crippen molar-refractivity contribution in [1.29, 1.82) is 0 Å². The van der Waals surface area contributed by atoms with Crippen molar-refractivity contribution in [2.75, 3.05) is 17.9 Å². The first kappa shape index (κ1) is 22.2. The van der Waals surface area contributed by atoms with Crippen LogP contribution in [0.15, 0.2) is 78.0 Å². The smallest absolute Gasteiger partial charge is 0.240 e. The summed E-state index contributed by atoms with van der Waals surface area (Å²) in [7, 11) is 1.60. The lowest BCUT2D eigenvalue weighted by molar-refractivity contribution is -0.116. The standard InChI is InChI=1S/C24H19ClFN5O2S/c1-33-17-10-7-14(8-11-17)20-21(23(32)27-16-9-12-19(26)18(25)13-16)34-24-29-28-22(31(24)30-20)15-5-3-2-4-6-15/h2-13,20-21,30H,1H3,(H,27,32)/t20-,21+/m1/s1. The zero-order valence-electron chi connectivity index (χ0n) is 17.9. The van der Waals surface area contributed by atoms with Crippen LogP contribution in [0.5, 0.6) is 5.75 Å². The van der Waals surface area contributed by atoms with E-state index < -0.39 is 17.1 Å². The van der Waals surface area contributed by atoms with E-state index in [1.54, 1.807) is 11.8 Å². The number of benzene rings is 3. The Hall–Kier alpha value is -3.56. The zero-order chi connectivity index (χ0) is 23.7. The lowest BCUT2D eigenvalue weighted by Gasteiger charge is -2.33. The number of carbonyl (C=O) groups excluding carboxylic acids is 1. The van der Waals surface area contributed by atoms with E-state index >= 15 is 0 Å². The molecule has 0 radical (unpaired) electrons. The van der Waals surface area contributed by atoms with Crippen molar-refractivity contribution in [3.63, 3.8) is 0 Å². The fourth-order valence-electron chi connectivity index (χ4n) is 3.68. The van der Waals surface area contributed by atoms with Gasteiger partial charge in [0.05, 0.1) is 18.2 Å². The molecule has 0 bridgehead atoms. The molecule has 1 amide bonds. The quantitative estimate of drug-likeness (QED) is 0.399. The second-order valence-corrected chi connectivity index (χ2v) is 9.06. The SMILES string of the molecule is COc1ccc([C@H]2Nn3c(nnc3-c3ccccc3)S[C@@H]2C(=O)Nc2ccc(F)c(Cl)c2)cc1. The van der Waals surface area contributed by atoms with Crippen molar-refractivity contribution in [1.82, 2.24) is 14.9 Å². The molecule has 5 rings (SSSR count). The number of carbonyl (C=O) groups is 1. The van der Waals surface area contributed by atoms with E-state index in [4.69, 9.17) is 16.3 Å². The van der Waals surface area contributed by atoms with Crippen LogP contribution < -0.4 is 15.5 Å². The Labute approximate surface area is 204 Å². The number of hydrogen-bond donors (Lipinski definition) is 2. The third-order valence-electron chi connectivity index (χ3n) is 5.39. The van der Waals surface area contributed by atoms with Gasteiger partial charge in [-0.3, -0.25) is 4.79 Å². The maximum absolute atomic E-state index is 13.6. The molecule has 1 aliphatic heterocycles. The van der Waals surface area contributed by atoms with Crippen molar-refractivity contribution >= 4 is 35.0 Å². The first-order chi connectivity index (χ1) is 16.5. The molecule has 34 heavy (non-hydrogen) atoms. The fourth-order valence-corrected chi connectivity index (χ4v) is 4.94. The first-order valence-electron chi connectivity index (χ1n) is 10.4. The van der Waals surface area contributed by atoms with Crippen molar-refractivity contribution < 1.29 is 13.9 Å². The Bertz CT molecular complexity index is 1330. The molecule has 1 aliphatic rings. The molecule has 2 N–H and O–H groups in total. The molecular weight excluding hydrogens is 477 g/mol. The van der Waals surface area contributed by atoms with Gasteiger partial charge in [-0.05, 0) is 35.9 Å². The van der Waals surface area contributed by atoms with E-state index in [1.165, 1.54) is 30.0 Å². The molecule has 7 nitrogen and oxygen atoms in total. The summed E-state index contributed by atoms with van der Waals surface area (Å²) in [6.45, 7) is 0. The highest BCUT2D eigenvalue weighted by Gasteiger charge is 2.38. The summed E-state index contributed by atoms with van der Waals surface area (Å²) in [6, 6.07) is 20.8. The van der Waals surface area contributed by atoms with Gasteiger partial charge in [-0.2, -0.15) is 0 Å². The van der Waals surface area contributed by atoms with Crippen LogP contribution in [0.2, 0.25) is 5.02 Å². The van der Waals surface area contributed by atoms with Crippen molar-refractivity contribution in [2.24, 2.45) is 0 Å². The summed E-state index contributed by atoms with van der Waals surface area (Å²) in [5.74, 6) is 0.525. The molecule has 0 spiro atoms. The van der Waals surface area contributed by atoms with Gasteiger partial charge < -0.3 is 15.5 Å². The second kappa shape index (κ2) is 9.36. The van der Waals surface area contributed by atoms with Gasteiger partial charge in [0, 0.05) is 11.3 Å².